The third kappa shape index (κ3) is 7.90. The molecule has 142 valence electrons. The monoisotopic (exact) mass is 350 g/mol. The van der Waals surface area contributed by atoms with Gasteiger partial charge in [0.25, 0.3) is 0 Å². The van der Waals surface area contributed by atoms with E-state index in [9.17, 15) is 5.11 Å². The van der Waals surface area contributed by atoms with Crippen LogP contribution in [0.15, 0.2) is 30.4 Å². The average molecular weight is 351 g/mol. The number of nitrogens with zero attached hydrogens (tertiary/aromatic N) is 2. The maximum Gasteiger partial charge on any atom is 0.161 e. The predicted molar refractivity (Wildman–Crippen MR) is 103 cm³/mol. The van der Waals surface area contributed by atoms with Gasteiger partial charge in [0.15, 0.2) is 11.5 Å². The zero-order valence-corrected chi connectivity index (χ0v) is 16.6. The molecule has 1 aromatic carbocycles. The molecule has 5 heteroatoms. The van der Waals surface area contributed by atoms with Crippen LogP contribution in [0.25, 0.3) is 0 Å². The zero-order chi connectivity index (χ0) is 19.0. The highest BCUT2D eigenvalue weighted by molar-refractivity contribution is 5.43. The number of aliphatic hydroxyl groups is 1. The second-order valence-corrected chi connectivity index (χ2v) is 7.11. The van der Waals surface area contributed by atoms with Gasteiger partial charge in [-0.3, -0.25) is 4.90 Å². The van der Waals surface area contributed by atoms with Crippen molar-refractivity contribution in [3.8, 4) is 11.5 Å². The van der Waals surface area contributed by atoms with E-state index in [1.165, 1.54) is 0 Å². The Bertz CT molecular complexity index is 546. The van der Waals surface area contributed by atoms with Gasteiger partial charge < -0.3 is 19.5 Å². The summed E-state index contributed by atoms with van der Waals surface area (Å²) >= 11 is 0. The number of likely N-dealkylation sites (N-methyl/N-ethyl adjacent to an activating group) is 2. The van der Waals surface area contributed by atoms with Gasteiger partial charge in [-0.05, 0) is 52.6 Å². The number of rotatable bonds is 11. The minimum Gasteiger partial charge on any atom is -0.493 e. The molecule has 0 spiro atoms. The summed E-state index contributed by atoms with van der Waals surface area (Å²) in [4.78, 5) is 4.29. The molecule has 5 nitrogen and oxygen atoms in total. The first-order valence-corrected chi connectivity index (χ1v) is 8.73. The Hall–Kier alpha value is -1.56. The first-order valence-electron chi connectivity index (χ1n) is 8.73. The quantitative estimate of drug-likeness (QED) is 0.622. The highest BCUT2D eigenvalue weighted by atomic mass is 16.5. The van der Waals surface area contributed by atoms with Crippen molar-refractivity contribution in [1.82, 2.24) is 9.80 Å². The van der Waals surface area contributed by atoms with Crippen LogP contribution >= 0.6 is 0 Å². The number of ether oxygens (including phenoxy) is 2. The van der Waals surface area contributed by atoms with Crippen molar-refractivity contribution in [2.45, 2.75) is 39.5 Å². The lowest BCUT2D eigenvalue weighted by molar-refractivity contribution is 0.0668. The second-order valence-electron chi connectivity index (χ2n) is 7.11. The standard InChI is InChI=1S/C20H34N2O3/c1-15(2)11-21(5)12-17-8-9-19(20(10-17)24-7)25-14-18(23)13-22(6)16(3)4/h8-10,16,18,23H,1,11-14H2,2-7H3. The molecule has 0 bridgehead atoms. The van der Waals surface area contributed by atoms with Crippen molar-refractivity contribution in [2.24, 2.45) is 0 Å². The van der Waals surface area contributed by atoms with Crippen molar-refractivity contribution in [3.63, 3.8) is 0 Å². The number of aliphatic hydroxyl groups excluding tert-OH is 1. The molecule has 1 N–H and O–H groups in total. The lowest BCUT2D eigenvalue weighted by Gasteiger charge is -2.24. The summed E-state index contributed by atoms with van der Waals surface area (Å²) in [5.41, 5.74) is 2.28. The van der Waals surface area contributed by atoms with Crippen molar-refractivity contribution >= 4 is 0 Å². The predicted octanol–water partition coefficient (Wildman–Crippen LogP) is 2.78. The Morgan fingerprint density at radius 1 is 1.24 bits per heavy atom. The Labute approximate surface area is 152 Å². The highest BCUT2D eigenvalue weighted by Gasteiger charge is 2.13. The summed E-state index contributed by atoms with van der Waals surface area (Å²) in [6.45, 7) is 12.6. The van der Waals surface area contributed by atoms with E-state index in [1.807, 2.05) is 32.2 Å². The van der Waals surface area contributed by atoms with E-state index in [-0.39, 0.29) is 6.61 Å². The van der Waals surface area contributed by atoms with Crippen molar-refractivity contribution < 1.29 is 14.6 Å². The van der Waals surface area contributed by atoms with E-state index in [2.05, 4.69) is 37.3 Å². The summed E-state index contributed by atoms with van der Waals surface area (Å²) < 4.78 is 11.2. The fraction of sp³-hybridized carbons (Fsp3) is 0.600. The highest BCUT2D eigenvalue weighted by Crippen LogP contribution is 2.28. The molecular weight excluding hydrogens is 316 g/mol. The Balaban J connectivity index is 2.64. The topological polar surface area (TPSA) is 45.2 Å². The molecule has 0 aliphatic heterocycles. The normalized spacial score (nSPS) is 12.7. The molecule has 0 saturated heterocycles. The van der Waals surface area contributed by atoms with Gasteiger partial charge in [0, 0.05) is 25.7 Å². The van der Waals surface area contributed by atoms with Gasteiger partial charge in [-0.1, -0.05) is 18.2 Å². The second kappa shape index (κ2) is 10.4. The molecule has 0 heterocycles. The molecule has 0 aliphatic carbocycles. The van der Waals surface area contributed by atoms with Crippen LogP contribution in [-0.4, -0.2) is 68.0 Å². The molecule has 25 heavy (non-hydrogen) atoms. The number of hydrogen-bond acceptors (Lipinski definition) is 5. The third-order valence-corrected chi connectivity index (χ3v) is 4.03. The smallest absolute Gasteiger partial charge is 0.161 e. The molecule has 0 amide bonds. The molecule has 1 unspecified atom stereocenters. The summed E-state index contributed by atoms with van der Waals surface area (Å²) in [6.07, 6.45) is -0.543. The van der Waals surface area contributed by atoms with E-state index in [0.29, 0.717) is 24.1 Å². The van der Waals surface area contributed by atoms with E-state index in [4.69, 9.17) is 9.47 Å². The molecule has 1 rings (SSSR count). The van der Waals surface area contributed by atoms with Gasteiger partial charge in [0.2, 0.25) is 0 Å². The minimum absolute atomic E-state index is 0.238. The van der Waals surface area contributed by atoms with Gasteiger partial charge in [-0.2, -0.15) is 0 Å². The summed E-state index contributed by atoms with van der Waals surface area (Å²) in [5.74, 6) is 1.34. The third-order valence-electron chi connectivity index (χ3n) is 4.03. The number of methoxy groups -OCH3 is 1. The Morgan fingerprint density at radius 2 is 1.92 bits per heavy atom. The molecule has 1 atom stereocenters. The summed E-state index contributed by atoms with van der Waals surface area (Å²) in [6, 6.07) is 6.30. The molecule has 0 fully saturated rings. The van der Waals surface area contributed by atoms with Crippen molar-refractivity contribution in [1.29, 1.82) is 0 Å². The van der Waals surface area contributed by atoms with E-state index < -0.39 is 6.10 Å². The van der Waals surface area contributed by atoms with E-state index in [1.54, 1.807) is 7.11 Å². The van der Waals surface area contributed by atoms with E-state index in [0.717, 1.165) is 24.2 Å². The minimum atomic E-state index is -0.543. The molecule has 0 aromatic heterocycles. The summed E-state index contributed by atoms with van der Waals surface area (Å²) in [7, 11) is 5.68. The maximum absolute atomic E-state index is 10.1. The molecule has 1 aromatic rings. The van der Waals surface area contributed by atoms with Gasteiger partial charge in [-0.15, -0.1) is 0 Å². The fourth-order valence-corrected chi connectivity index (χ4v) is 2.54. The van der Waals surface area contributed by atoms with Crippen molar-refractivity contribution in [3.05, 3.63) is 35.9 Å². The van der Waals surface area contributed by atoms with Crippen LogP contribution in [0.4, 0.5) is 0 Å². The lowest BCUT2D eigenvalue weighted by atomic mass is 10.2. The molecular formula is C20H34N2O3. The summed E-state index contributed by atoms with van der Waals surface area (Å²) in [5, 5.41) is 10.1. The van der Waals surface area contributed by atoms with Gasteiger partial charge >= 0.3 is 0 Å². The SMILES string of the molecule is C=C(C)CN(C)Cc1ccc(OCC(O)CN(C)C(C)C)c(OC)c1. The Morgan fingerprint density at radius 3 is 2.48 bits per heavy atom. The number of benzene rings is 1. The maximum atomic E-state index is 10.1. The van der Waals surface area contributed by atoms with Crippen LogP contribution in [0, 0.1) is 0 Å². The zero-order valence-electron chi connectivity index (χ0n) is 16.6. The first kappa shape index (κ1) is 21.5. The van der Waals surface area contributed by atoms with Crippen LogP contribution < -0.4 is 9.47 Å². The largest absolute Gasteiger partial charge is 0.493 e. The fourth-order valence-electron chi connectivity index (χ4n) is 2.54. The molecule has 0 saturated carbocycles. The van der Waals surface area contributed by atoms with Crippen LogP contribution in [0.3, 0.4) is 0 Å². The van der Waals surface area contributed by atoms with E-state index >= 15 is 0 Å². The van der Waals surface area contributed by atoms with Gasteiger partial charge in [0.1, 0.15) is 12.7 Å². The molecule has 0 radical (unpaired) electrons. The van der Waals surface area contributed by atoms with Crippen LogP contribution in [0.1, 0.15) is 26.3 Å². The van der Waals surface area contributed by atoms with Crippen LogP contribution in [0.5, 0.6) is 11.5 Å². The Kier molecular flexibility index (Phi) is 8.97. The van der Waals surface area contributed by atoms with Crippen molar-refractivity contribution in [2.75, 3.05) is 40.9 Å². The van der Waals surface area contributed by atoms with Gasteiger partial charge in [0.05, 0.1) is 7.11 Å². The van der Waals surface area contributed by atoms with Gasteiger partial charge in [-0.25, -0.2) is 0 Å². The first-order chi connectivity index (χ1) is 11.7. The lowest BCUT2D eigenvalue weighted by Crippen LogP contribution is -2.36. The number of hydrogen-bond donors (Lipinski definition) is 1. The molecule has 0 aliphatic rings. The van der Waals surface area contributed by atoms with Crippen LogP contribution in [-0.2, 0) is 6.54 Å². The average Bonchev–Trinajstić information content (AvgIpc) is 2.52. The van der Waals surface area contributed by atoms with Crippen LogP contribution in [0.2, 0.25) is 0 Å².